The predicted molar refractivity (Wildman–Crippen MR) is 121 cm³/mol. The molecule has 6 nitrogen and oxygen atoms in total. The van der Waals surface area contributed by atoms with Gasteiger partial charge in [-0.2, -0.15) is 0 Å². The van der Waals surface area contributed by atoms with Crippen LogP contribution in [0.5, 0.6) is 0 Å². The predicted octanol–water partition coefficient (Wildman–Crippen LogP) is 3.68. The molecule has 2 aromatic rings. The largest absolute Gasteiger partial charge is 0.382 e. The minimum atomic E-state index is -0.635. The van der Waals surface area contributed by atoms with E-state index in [1.165, 1.54) is 18.2 Å². The molecule has 0 aliphatic carbocycles. The summed E-state index contributed by atoms with van der Waals surface area (Å²) in [6, 6.07) is 11.0. The van der Waals surface area contributed by atoms with Crippen LogP contribution >= 0.6 is 11.6 Å². The van der Waals surface area contributed by atoms with Gasteiger partial charge in [0.2, 0.25) is 5.91 Å². The third-order valence-electron chi connectivity index (χ3n) is 5.54. The van der Waals surface area contributed by atoms with Crippen LogP contribution in [0.3, 0.4) is 0 Å². The van der Waals surface area contributed by atoms with Gasteiger partial charge in [0.1, 0.15) is 18.2 Å². The SMILES string of the molecule is COCCOCC(=O)N1CCN(CC(OCc2c(F)cccc2F)c2ccc(Cl)cc2)CC1. The number of carbonyl (C=O) groups excluding carboxylic acids is 1. The average Bonchev–Trinajstić information content (AvgIpc) is 2.81. The van der Waals surface area contributed by atoms with Crippen molar-refractivity contribution >= 4 is 17.5 Å². The molecule has 1 amide bonds. The van der Waals surface area contributed by atoms with Crippen molar-refractivity contribution in [3.8, 4) is 0 Å². The molecule has 1 heterocycles. The van der Waals surface area contributed by atoms with E-state index < -0.39 is 17.7 Å². The first kappa shape index (κ1) is 25.5. The van der Waals surface area contributed by atoms with E-state index in [0.29, 0.717) is 51.0 Å². The third kappa shape index (κ3) is 7.72. The molecule has 1 atom stereocenters. The first-order chi connectivity index (χ1) is 16.0. The Morgan fingerprint density at radius 1 is 1.03 bits per heavy atom. The number of hydrogen-bond donors (Lipinski definition) is 0. The zero-order valence-corrected chi connectivity index (χ0v) is 19.4. The molecule has 0 aromatic heterocycles. The Labute approximate surface area is 198 Å². The number of methoxy groups -OCH3 is 1. The summed E-state index contributed by atoms with van der Waals surface area (Å²) in [6.45, 7) is 3.65. The molecular formula is C24H29ClF2N2O4. The zero-order valence-electron chi connectivity index (χ0n) is 18.6. The fourth-order valence-electron chi connectivity index (χ4n) is 3.59. The first-order valence-corrected chi connectivity index (χ1v) is 11.2. The first-order valence-electron chi connectivity index (χ1n) is 10.8. The molecule has 0 saturated carbocycles. The zero-order chi connectivity index (χ0) is 23.6. The fraction of sp³-hybridized carbons (Fsp3) is 0.458. The molecule has 0 bridgehead atoms. The van der Waals surface area contributed by atoms with Crippen molar-refractivity contribution in [2.45, 2.75) is 12.7 Å². The van der Waals surface area contributed by atoms with Crippen LogP contribution in [0.2, 0.25) is 5.02 Å². The van der Waals surface area contributed by atoms with Crippen LogP contribution in [0.4, 0.5) is 8.78 Å². The smallest absolute Gasteiger partial charge is 0.248 e. The number of carbonyl (C=O) groups is 1. The Balaban J connectivity index is 1.58. The summed E-state index contributed by atoms with van der Waals surface area (Å²) in [5.74, 6) is -1.32. The summed E-state index contributed by atoms with van der Waals surface area (Å²) in [5, 5.41) is 0.595. The summed E-state index contributed by atoms with van der Waals surface area (Å²) in [5.41, 5.74) is 0.765. The van der Waals surface area contributed by atoms with Gasteiger partial charge in [0, 0.05) is 50.4 Å². The van der Waals surface area contributed by atoms with E-state index in [4.69, 9.17) is 25.8 Å². The number of halogens is 3. The standard InChI is InChI=1S/C24H29ClF2N2O4/c1-31-13-14-32-17-24(30)29-11-9-28(10-12-29)15-23(18-5-7-19(25)8-6-18)33-16-20-21(26)3-2-4-22(20)27/h2-8,23H,9-17H2,1H3. The van der Waals surface area contributed by atoms with Gasteiger partial charge in [-0.05, 0) is 29.8 Å². The average molecular weight is 483 g/mol. The lowest BCUT2D eigenvalue weighted by Crippen LogP contribution is -2.50. The Kier molecular flexibility index (Phi) is 10.0. The number of hydrogen-bond acceptors (Lipinski definition) is 5. The summed E-state index contributed by atoms with van der Waals surface area (Å²) in [4.78, 5) is 16.2. The number of ether oxygens (including phenoxy) is 3. The van der Waals surface area contributed by atoms with Crippen molar-refractivity contribution in [3.63, 3.8) is 0 Å². The van der Waals surface area contributed by atoms with Crippen LogP contribution in [0.25, 0.3) is 0 Å². The number of amides is 1. The summed E-state index contributed by atoms with van der Waals surface area (Å²) in [6.07, 6.45) is -0.416. The highest BCUT2D eigenvalue weighted by Crippen LogP contribution is 2.24. The van der Waals surface area contributed by atoms with Crippen LogP contribution in [-0.4, -0.2) is 75.4 Å². The molecule has 180 valence electrons. The number of benzene rings is 2. The molecule has 0 N–H and O–H groups in total. The molecule has 3 rings (SSSR count). The second kappa shape index (κ2) is 13.0. The molecule has 33 heavy (non-hydrogen) atoms. The lowest BCUT2D eigenvalue weighted by molar-refractivity contribution is -0.138. The lowest BCUT2D eigenvalue weighted by Gasteiger charge is -2.36. The highest BCUT2D eigenvalue weighted by atomic mass is 35.5. The Morgan fingerprint density at radius 3 is 2.33 bits per heavy atom. The van der Waals surface area contributed by atoms with Crippen molar-refractivity contribution in [2.24, 2.45) is 0 Å². The van der Waals surface area contributed by atoms with E-state index in [1.54, 1.807) is 24.1 Å². The maximum atomic E-state index is 14.1. The molecule has 1 aliphatic rings. The van der Waals surface area contributed by atoms with Gasteiger partial charge in [-0.3, -0.25) is 9.69 Å². The molecule has 1 aliphatic heterocycles. The van der Waals surface area contributed by atoms with Crippen molar-refractivity contribution in [3.05, 3.63) is 70.2 Å². The van der Waals surface area contributed by atoms with Crippen LogP contribution in [-0.2, 0) is 25.6 Å². The monoisotopic (exact) mass is 482 g/mol. The summed E-state index contributed by atoms with van der Waals surface area (Å²) >= 11 is 6.02. The highest BCUT2D eigenvalue weighted by Gasteiger charge is 2.25. The summed E-state index contributed by atoms with van der Waals surface area (Å²) in [7, 11) is 1.58. The van der Waals surface area contributed by atoms with E-state index in [1.807, 2.05) is 12.1 Å². The number of piperazine rings is 1. The number of nitrogens with zero attached hydrogens (tertiary/aromatic N) is 2. The van der Waals surface area contributed by atoms with Crippen LogP contribution < -0.4 is 0 Å². The van der Waals surface area contributed by atoms with E-state index >= 15 is 0 Å². The van der Waals surface area contributed by atoms with Crippen LogP contribution in [0.15, 0.2) is 42.5 Å². The van der Waals surface area contributed by atoms with Crippen LogP contribution in [0, 0.1) is 11.6 Å². The molecule has 9 heteroatoms. The number of rotatable bonds is 11. The molecule has 1 saturated heterocycles. The summed E-state index contributed by atoms with van der Waals surface area (Å²) < 4.78 is 44.3. The van der Waals surface area contributed by atoms with Gasteiger partial charge < -0.3 is 19.1 Å². The quantitative estimate of drug-likeness (QED) is 0.457. The normalized spacial score (nSPS) is 15.6. The molecule has 0 radical (unpaired) electrons. The second-order valence-corrected chi connectivity index (χ2v) is 8.21. The molecule has 0 spiro atoms. The van der Waals surface area contributed by atoms with Crippen molar-refractivity contribution in [1.29, 1.82) is 0 Å². The van der Waals surface area contributed by atoms with Crippen molar-refractivity contribution in [1.82, 2.24) is 9.80 Å². The van der Waals surface area contributed by atoms with E-state index in [9.17, 15) is 13.6 Å². The molecule has 1 fully saturated rings. The van der Waals surface area contributed by atoms with Gasteiger partial charge in [-0.1, -0.05) is 29.8 Å². The minimum Gasteiger partial charge on any atom is -0.382 e. The van der Waals surface area contributed by atoms with Crippen molar-refractivity contribution < 1.29 is 27.8 Å². The van der Waals surface area contributed by atoms with Crippen LogP contribution in [0.1, 0.15) is 17.2 Å². The molecular weight excluding hydrogens is 454 g/mol. The fourth-order valence-corrected chi connectivity index (χ4v) is 3.72. The molecule has 1 unspecified atom stereocenters. The highest BCUT2D eigenvalue weighted by molar-refractivity contribution is 6.30. The van der Waals surface area contributed by atoms with Gasteiger partial charge in [-0.15, -0.1) is 0 Å². The van der Waals surface area contributed by atoms with E-state index in [2.05, 4.69) is 4.90 Å². The van der Waals surface area contributed by atoms with Gasteiger partial charge in [0.25, 0.3) is 0 Å². The Bertz CT molecular complexity index is 872. The Morgan fingerprint density at radius 2 is 1.70 bits per heavy atom. The minimum absolute atomic E-state index is 0.0358. The Hall–Kier alpha value is -2.10. The van der Waals surface area contributed by atoms with Gasteiger partial charge in [0.15, 0.2) is 0 Å². The maximum absolute atomic E-state index is 14.1. The van der Waals surface area contributed by atoms with Gasteiger partial charge in [0.05, 0.1) is 25.9 Å². The second-order valence-electron chi connectivity index (χ2n) is 7.78. The third-order valence-corrected chi connectivity index (χ3v) is 5.79. The lowest BCUT2D eigenvalue weighted by atomic mass is 10.1. The maximum Gasteiger partial charge on any atom is 0.248 e. The van der Waals surface area contributed by atoms with E-state index in [0.717, 1.165) is 5.56 Å². The van der Waals surface area contributed by atoms with Gasteiger partial charge in [-0.25, -0.2) is 8.78 Å². The van der Waals surface area contributed by atoms with Gasteiger partial charge >= 0.3 is 0 Å². The molecule has 2 aromatic carbocycles. The topological polar surface area (TPSA) is 51.2 Å². The van der Waals surface area contributed by atoms with Crippen molar-refractivity contribution in [2.75, 3.05) is 59.7 Å². The van der Waals surface area contributed by atoms with E-state index in [-0.39, 0.29) is 24.7 Å².